The monoisotopic (exact) mass is 513 g/mol. The van der Waals surface area contributed by atoms with E-state index in [0.29, 0.717) is 5.56 Å². The van der Waals surface area contributed by atoms with Crippen molar-refractivity contribution in [1.29, 1.82) is 0 Å². The zero-order chi connectivity index (χ0) is 22.7. The Bertz CT molecular complexity index is 1010. The standard InChI is InChI=1S/C22H28BrNO4S2/c1-15-6-12-19(13-7-15)30(27,28)24-21(17-8-10-18(23)11-9-17)16(2)20(25)14-29(26)22(3,4)5/h6-13,16,21,24H,14H2,1-5H3/t16-,21+,29?/m0/s1. The third kappa shape index (κ3) is 6.57. The van der Waals surface area contributed by atoms with Gasteiger partial charge in [-0.3, -0.25) is 9.00 Å². The highest BCUT2D eigenvalue weighted by Crippen LogP contribution is 2.28. The van der Waals surface area contributed by atoms with Crippen LogP contribution in [0.25, 0.3) is 0 Å². The molecule has 3 atom stereocenters. The van der Waals surface area contributed by atoms with Crippen LogP contribution < -0.4 is 4.72 Å². The molecule has 0 bridgehead atoms. The molecule has 0 amide bonds. The van der Waals surface area contributed by atoms with Crippen molar-refractivity contribution >= 4 is 42.5 Å². The van der Waals surface area contributed by atoms with Gasteiger partial charge in [-0.05, 0) is 57.5 Å². The van der Waals surface area contributed by atoms with Gasteiger partial charge in [0.15, 0.2) is 0 Å². The highest BCUT2D eigenvalue weighted by Gasteiger charge is 2.32. The number of sulfonamides is 1. The molecule has 0 aliphatic rings. The number of hydrogen-bond donors (Lipinski definition) is 1. The van der Waals surface area contributed by atoms with Crippen molar-refractivity contribution in [3.8, 4) is 0 Å². The minimum atomic E-state index is -3.86. The average molecular weight is 515 g/mol. The second kappa shape index (κ2) is 9.85. The summed E-state index contributed by atoms with van der Waals surface area (Å²) in [6, 6.07) is 12.9. The summed E-state index contributed by atoms with van der Waals surface area (Å²) in [5.41, 5.74) is 1.61. The summed E-state index contributed by atoms with van der Waals surface area (Å²) < 4.78 is 41.5. The molecule has 0 radical (unpaired) electrons. The Hall–Kier alpha value is -1.35. The third-order valence-corrected chi connectivity index (χ3v) is 8.71. The van der Waals surface area contributed by atoms with Gasteiger partial charge in [0.1, 0.15) is 5.78 Å². The molecule has 0 saturated carbocycles. The van der Waals surface area contributed by atoms with Crippen LogP contribution in [-0.4, -0.2) is 28.9 Å². The number of hydrogen-bond acceptors (Lipinski definition) is 4. The van der Waals surface area contributed by atoms with Crippen LogP contribution >= 0.6 is 15.9 Å². The first-order chi connectivity index (χ1) is 13.8. The molecule has 164 valence electrons. The smallest absolute Gasteiger partial charge is 0.241 e. The molecule has 8 heteroatoms. The van der Waals surface area contributed by atoms with Crippen LogP contribution in [0.4, 0.5) is 0 Å². The molecule has 0 spiro atoms. The van der Waals surface area contributed by atoms with Crippen molar-refractivity contribution in [2.45, 2.75) is 50.3 Å². The molecule has 0 heterocycles. The maximum atomic E-state index is 13.0. The van der Waals surface area contributed by atoms with E-state index >= 15 is 0 Å². The molecular weight excluding hydrogens is 486 g/mol. The van der Waals surface area contributed by atoms with Gasteiger partial charge in [0, 0.05) is 25.9 Å². The second-order valence-electron chi connectivity index (χ2n) is 8.32. The van der Waals surface area contributed by atoms with Gasteiger partial charge in [-0.25, -0.2) is 13.1 Å². The van der Waals surface area contributed by atoms with Crippen LogP contribution in [0.5, 0.6) is 0 Å². The van der Waals surface area contributed by atoms with E-state index in [1.165, 1.54) is 12.1 Å². The van der Waals surface area contributed by atoms with Gasteiger partial charge in [0.2, 0.25) is 10.0 Å². The molecule has 0 aliphatic heterocycles. The molecule has 30 heavy (non-hydrogen) atoms. The first-order valence-electron chi connectivity index (χ1n) is 9.57. The van der Waals surface area contributed by atoms with Crippen molar-refractivity contribution in [3.05, 3.63) is 64.1 Å². The van der Waals surface area contributed by atoms with Crippen LogP contribution in [0.2, 0.25) is 0 Å². The Kier molecular flexibility index (Phi) is 8.18. The number of rotatable bonds is 8. The number of ketones is 1. The summed E-state index contributed by atoms with van der Waals surface area (Å²) in [5.74, 6) is -1.07. The molecular formula is C22H28BrNO4S2. The van der Waals surface area contributed by atoms with Crippen molar-refractivity contribution in [2.24, 2.45) is 5.92 Å². The number of halogens is 1. The minimum absolute atomic E-state index is 0.121. The lowest BCUT2D eigenvalue weighted by Gasteiger charge is -2.26. The maximum Gasteiger partial charge on any atom is 0.241 e. The normalized spacial score (nSPS) is 15.4. The fraction of sp³-hybridized carbons (Fsp3) is 0.409. The van der Waals surface area contributed by atoms with Gasteiger partial charge < -0.3 is 0 Å². The van der Waals surface area contributed by atoms with E-state index in [4.69, 9.17) is 0 Å². The van der Waals surface area contributed by atoms with E-state index < -0.39 is 37.5 Å². The van der Waals surface area contributed by atoms with Gasteiger partial charge in [-0.15, -0.1) is 0 Å². The van der Waals surface area contributed by atoms with Crippen LogP contribution in [-0.2, 0) is 25.6 Å². The summed E-state index contributed by atoms with van der Waals surface area (Å²) in [6.07, 6.45) is 0. The van der Waals surface area contributed by atoms with E-state index in [-0.39, 0.29) is 16.4 Å². The third-order valence-electron chi connectivity index (χ3n) is 4.81. The zero-order valence-corrected chi connectivity index (χ0v) is 21.0. The SMILES string of the molecule is Cc1ccc(S(=O)(=O)N[C@@H](c2ccc(Br)cc2)[C@@H](C)C(=O)CS(=O)C(C)(C)C)cc1. The zero-order valence-electron chi connectivity index (χ0n) is 17.8. The number of aryl methyl sites for hydroxylation is 1. The predicted molar refractivity (Wildman–Crippen MR) is 125 cm³/mol. The highest BCUT2D eigenvalue weighted by molar-refractivity contribution is 9.10. The number of nitrogens with one attached hydrogen (secondary N) is 1. The average Bonchev–Trinajstić information content (AvgIpc) is 2.66. The Balaban J connectivity index is 2.37. The first-order valence-corrected chi connectivity index (χ1v) is 13.2. The van der Waals surface area contributed by atoms with Crippen LogP contribution in [0.3, 0.4) is 0 Å². The van der Waals surface area contributed by atoms with Crippen molar-refractivity contribution < 1.29 is 17.4 Å². The van der Waals surface area contributed by atoms with Crippen LogP contribution in [0.1, 0.15) is 44.9 Å². The lowest BCUT2D eigenvalue weighted by atomic mass is 9.92. The fourth-order valence-corrected chi connectivity index (χ4v) is 5.27. The number of benzene rings is 2. The van der Waals surface area contributed by atoms with Crippen molar-refractivity contribution in [2.75, 3.05) is 5.75 Å². The quantitative estimate of drug-likeness (QED) is 0.562. The number of carbonyl (C=O) groups is 1. The van der Waals surface area contributed by atoms with E-state index in [1.807, 2.05) is 27.7 Å². The lowest BCUT2D eigenvalue weighted by molar-refractivity contribution is -0.120. The number of carbonyl (C=O) groups excluding carboxylic acids is 1. The minimum Gasteiger partial charge on any atom is -0.298 e. The Morgan fingerprint density at radius 3 is 2.10 bits per heavy atom. The van der Waals surface area contributed by atoms with Crippen LogP contribution in [0.15, 0.2) is 57.9 Å². The fourth-order valence-electron chi connectivity index (χ4n) is 2.74. The summed E-state index contributed by atoms with van der Waals surface area (Å²) in [7, 11) is -5.22. The number of Topliss-reactive ketones (excluding diaryl/α,β-unsaturated/α-hetero) is 1. The van der Waals surface area contributed by atoms with E-state index in [1.54, 1.807) is 43.3 Å². The molecule has 2 rings (SSSR count). The largest absolute Gasteiger partial charge is 0.298 e. The van der Waals surface area contributed by atoms with Gasteiger partial charge in [-0.2, -0.15) is 0 Å². The van der Waals surface area contributed by atoms with Gasteiger partial charge >= 0.3 is 0 Å². The highest BCUT2D eigenvalue weighted by atomic mass is 79.9. The molecule has 0 fully saturated rings. The summed E-state index contributed by atoms with van der Waals surface area (Å²) in [4.78, 5) is 13.0. The maximum absolute atomic E-state index is 13.0. The molecule has 0 aliphatic carbocycles. The Morgan fingerprint density at radius 1 is 1.07 bits per heavy atom. The molecule has 0 aromatic heterocycles. The molecule has 1 unspecified atom stereocenters. The molecule has 2 aromatic carbocycles. The molecule has 5 nitrogen and oxygen atoms in total. The van der Waals surface area contributed by atoms with Crippen LogP contribution in [0, 0.1) is 12.8 Å². The van der Waals surface area contributed by atoms with E-state index in [9.17, 15) is 17.4 Å². The van der Waals surface area contributed by atoms with E-state index in [2.05, 4.69) is 20.7 Å². The molecule has 0 saturated heterocycles. The van der Waals surface area contributed by atoms with Gasteiger partial charge in [0.05, 0.1) is 16.7 Å². The topological polar surface area (TPSA) is 80.3 Å². The van der Waals surface area contributed by atoms with Crippen molar-refractivity contribution in [3.63, 3.8) is 0 Å². The summed E-state index contributed by atoms with van der Waals surface area (Å²) in [6.45, 7) is 8.99. The summed E-state index contributed by atoms with van der Waals surface area (Å²) in [5, 5.41) is 0. The molecule has 1 N–H and O–H groups in total. The Labute approximate surface area is 190 Å². The summed E-state index contributed by atoms with van der Waals surface area (Å²) >= 11 is 3.37. The van der Waals surface area contributed by atoms with Gasteiger partial charge in [0.25, 0.3) is 0 Å². The lowest BCUT2D eigenvalue weighted by Crippen LogP contribution is -2.38. The van der Waals surface area contributed by atoms with E-state index in [0.717, 1.165) is 10.0 Å². The first kappa shape index (κ1) is 24.9. The predicted octanol–water partition coefficient (Wildman–Crippen LogP) is 4.53. The molecule has 2 aromatic rings. The van der Waals surface area contributed by atoms with Gasteiger partial charge in [-0.1, -0.05) is 52.7 Å². The Morgan fingerprint density at radius 2 is 1.60 bits per heavy atom. The van der Waals surface area contributed by atoms with Crippen molar-refractivity contribution in [1.82, 2.24) is 4.72 Å². The second-order valence-corrected chi connectivity index (χ2v) is 13.2.